The number of hydrogen-bond acceptors (Lipinski definition) is 2. The van der Waals surface area contributed by atoms with E-state index in [-0.39, 0.29) is 17.4 Å². The lowest BCUT2D eigenvalue weighted by molar-refractivity contribution is -0.144. The molecule has 1 spiro atoms. The van der Waals surface area contributed by atoms with Crippen molar-refractivity contribution in [3.63, 3.8) is 0 Å². The Kier molecular flexibility index (Phi) is 3.88. The highest BCUT2D eigenvalue weighted by molar-refractivity contribution is 5.94. The predicted octanol–water partition coefficient (Wildman–Crippen LogP) is 2.23. The molecule has 4 heteroatoms. The second-order valence-electron chi connectivity index (χ2n) is 6.25. The van der Waals surface area contributed by atoms with Crippen molar-refractivity contribution in [1.29, 1.82) is 0 Å². The predicted molar refractivity (Wildman–Crippen MR) is 74.7 cm³/mol. The van der Waals surface area contributed by atoms with Crippen LogP contribution in [0.5, 0.6) is 0 Å². The van der Waals surface area contributed by atoms with Crippen molar-refractivity contribution in [2.24, 2.45) is 0 Å². The molecule has 1 saturated carbocycles. The number of carbonyl (C=O) groups is 2. The Balaban J connectivity index is 2.34. The Bertz CT molecular complexity index is 368. The Morgan fingerprint density at radius 2 is 1.79 bits per heavy atom. The van der Waals surface area contributed by atoms with Gasteiger partial charge in [0.15, 0.2) is 0 Å². The van der Waals surface area contributed by atoms with Gasteiger partial charge in [0.05, 0.1) is 0 Å². The molecule has 0 bridgehead atoms. The van der Waals surface area contributed by atoms with Crippen molar-refractivity contribution in [2.45, 2.75) is 76.8 Å². The standard InChI is InChI=1S/C15H26N2O2/c1-4-14(3,5-2)17-11-8-12(18)16-15(13(17)19)9-6-7-10-15/h4-11H2,1-3H3,(H,16,18). The van der Waals surface area contributed by atoms with E-state index in [4.69, 9.17) is 0 Å². The molecule has 2 fully saturated rings. The molecule has 0 radical (unpaired) electrons. The second-order valence-corrected chi connectivity index (χ2v) is 6.25. The SMILES string of the molecule is CCC(C)(CC)N1CCC(=O)NC2(CCCC2)C1=O. The van der Waals surface area contributed by atoms with Gasteiger partial charge >= 0.3 is 0 Å². The van der Waals surface area contributed by atoms with Crippen LogP contribution in [0, 0.1) is 0 Å². The average Bonchev–Trinajstić information content (AvgIpc) is 2.82. The molecule has 2 aliphatic rings. The lowest BCUT2D eigenvalue weighted by Gasteiger charge is -2.43. The summed E-state index contributed by atoms with van der Waals surface area (Å²) in [6.45, 7) is 6.95. The number of hydrogen-bond donors (Lipinski definition) is 1. The monoisotopic (exact) mass is 266 g/mol. The summed E-state index contributed by atoms with van der Waals surface area (Å²) in [7, 11) is 0. The lowest BCUT2D eigenvalue weighted by Crippen LogP contribution is -2.60. The molecular formula is C15H26N2O2. The van der Waals surface area contributed by atoms with Crippen molar-refractivity contribution in [3.8, 4) is 0 Å². The summed E-state index contributed by atoms with van der Waals surface area (Å²) >= 11 is 0. The highest BCUT2D eigenvalue weighted by atomic mass is 16.2. The van der Waals surface area contributed by atoms with Crippen LogP contribution in [0.4, 0.5) is 0 Å². The van der Waals surface area contributed by atoms with Gasteiger partial charge in [0.25, 0.3) is 0 Å². The van der Waals surface area contributed by atoms with Gasteiger partial charge in [-0.3, -0.25) is 9.59 Å². The summed E-state index contributed by atoms with van der Waals surface area (Å²) < 4.78 is 0. The highest BCUT2D eigenvalue weighted by Gasteiger charge is 2.49. The molecule has 1 aliphatic heterocycles. The first-order chi connectivity index (χ1) is 8.97. The zero-order valence-electron chi connectivity index (χ0n) is 12.4. The third-order valence-electron chi connectivity index (χ3n) is 5.23. The zero-order valence-corrected chi connectivity index (χ0v) is 12.4. The summed E-state index contributed by atoms with van der Waals surface area (Å²) in [4.78, 5) is 26.9. The molecule has 1 N–H and O–H groups in total. The molecule has 0 atom stereocenters. The minimum absolute atomic E-state index is 0.0345. The van der Waals surface area contributed by atoms with Crippen LogP contribution >= 0.6 is 0 Å². The van der Waals surface area contributed by atoms with Crippen molar-refractivity contribution >= 4 is 11.8 Å². The van der Waals surface area contributed by atoms with Crippen LogP contribution in [-0.2, 0) is 9.59 Å². The van der Waals surface area contributed by atoms with E-state index in [1.54, 1.807) is 0 Å². The Labute approximate surface area is 115 Å². The first-order valence-electron chi connectivity index (χ1n) is 7.60. The highest BCUT2D eigenvalue weighted by Crippen LogP contribution is 2.36. The molecule has 0 aromatic carbocycles. The van der Waals surface area contributed by atoms with Gasteiger partial charge in [-0.2, -0.15) is 0 Å². The van der Waals surface area contributed by atoms with Crippen LogP contribution < -0.4 is 5.32 Å². The van der Waals surface area contributed by atoms with E-state index in [9.17, 15) is 9.59 Å². The quantitative estimate of drug-likeness (QED) is 0.851. The molecule has 1 heterocycles. The van der Waals surface area contributed by atoms with E-state index in [1.807, 2.05) is 4.90 Å². The van der Waals surface area contributed by atoms with E-state index >= 15 is 0 Å². The molecule has 4 nitrogen and oxygen atoms in total. The Morgan fingerprint density at radius 3 is 2.32 bits per heavy atom. The summed E-state index contributed by atoms with van der Waals surface area (Å²) in [6.07, 6.45) is 5.97. The number of rotatable bonds is 3. The van der Waals surface area contributed by atoms with Gasteiger partial charge in [-0.25, -0.2) is 0 Å². The minimum Gasteiger partial charge on any atom is -0.342 e. The molecule has 1 aliphatic carbocycles. The Morgan fingerprint density at radius 1 is 1.21 bits per heavy atom. The molecule has 2 rings (SSSR count). The molecule has 0 unspecified atom stereocenters. The van der Waals surface area contributed by atoms with Crippen LogP contribution in [0.15, 0.2) is 0 Å². The topological polar surface area (TPSA) is 49.4 Å². The van der Waals surface area contributed by atoms with Crippen molar-refractivity contribution in [2.75, 3.05) is 6.54 Å². The largest absolute Gasteiger partial charge is 0.342 e. The maximum atomic E-state index is 13.0. The van der Waals surface area contributed by atoms with Crippen LogP contribution in [-0.4, -0.2) is 34.3 Å². The summed E-state index contributed by atoms with van der Waals surface area (Å²) in [5.41, 5.74) is -0.724. The van der Waals surface area contributed by atoms with E-state index in [0.717, 1.165) is 38.5 Å². The van der Waals surface area contributed by atoms with E-state index < -0.39 is 5.54 Å². The van der Waals surface area contributed by atoms with E-state index in [0.29, 0.717) is 13.0 Å². The van der Waals surface area contributed by atoms with Crippen LogP contribution in [0.25, 0.3) is 0 Å². The fourth-order valence-electron chi connectivity index (χ4n) is 3.42. The van der Waals surface area contributed by atoms with Gasteiger partial charge in [-0.15, -0.1) is 0 Å². The number of carbonyl (C=O) groups excluding carboxylic acids is 2. The maximum Gasteiger partial charge on any atom is 0.248 e. The molecular weight excluding hydrogens is 240 g/mol. The maximum absolute atomic E-state index is 13.0. The van der Waals surface area contributed by atoms with Crippen LogP contribution in [0.1, 0.15) is 65.7 Å². The average molecular weight is 266 g/mol. The first-order valence-corrected chi connectivity index (χ1v) is 7.60. The minimum atomic E-state index is -0.598. The third-order valence-corrected chi connectivity index (χ3v) is 5.23. The van der Waals surface area contributed by atoms with Gasteiger partial charge in [-0.1, -0.05) is 26.7 Å². The fourth-order valence-corrected chi connectivity index (χ4v) is 3.42. The van der Waals surface area contributed by atoms with Gasteiger partial charge in [0.2, 0.25) is 11.8 Å². The number of nitrogens with zero attached hydrogens (tertiary/aromatic N) is 1. The second kappa shape index (κ2) is 5.14. The van der Waals surface area contributed by atoms with Crippen molar-refractivity contribution < 1.29 is 9.59 Å². The number of amides is 2. The third kappa shape index (κ3) is 2.37. The summed E-state index contributed by atoms with van der Waals surface area (Å²) in [6, 6.07) is 0. The van der Waals surface area contributed by atoms with Gasteiger partial charge in [0, 0.05) is 18.5 Å². The van der Waals surface area contributed by atoms with Gasteiger partial charge < -0.3 is 10.2 Å². The Hall–Kier alpha value is -1.06. The van der Waals surface area contributed by atoms with Crippen LogP contribution in [0.3, 0.4) is 0 Å². The van der Waals surface area contributed by atoms with Gasteiger partial charge in [-0.05, 0) is 32.6 Å². The summed E-state index contributed by atoms with van der Waals surface area (Å²) in [5, 5.41) is 3.02. The molecule has 19 heavy (non-hydrogen) atoms. The van der Waals surface area contributed by atoms with E-state index in [2.05, 4.69) is 26.1 Å². The molecule has 1 saturated heterocycles. The fraction of sp³-hybridized carbons (Fsp3) is 0.867. The lowest BCUT2D eigenvalue weighted by atomic mass is 9.88. The van der Waals surface area contributed by atoms with E-state index in [1.165, 1.54) is 0 Å². The first kappa shape index (κ1) is 14.4. The zero-order chi connectivity index (χ0) is 14.1. The summed E-state index contributed by atoms with van der Waals surface area (Å²) in [5.74, 6) is 0.189. The molecule has 0 aromatic heterocycles. The number of nitrogens with one attached hydrogen (secondary N) is 1. The normalized spacial score (nSPS) is 23.6. The van der Waals surface area contributed by atoms with Crippen molar-refractivity contribution in [1.82, 2.24) is 10.2 Å². The smallest absolute Gasteiger partial charge is 0.248 e. The molecule has 108 valence electrons. The molecule has 2 amide bonds. The van der Waals surface area contributed by atoms with Crippen molar-refractivity contribution in [3.05, 3.63) is 0 Å². The van der Waals surface area contributed by atoms with Crippen LogP contribution in [0.2, 0.25) is 0 Å². The van der Waals surface area contributed by atoms with Gasteiger partial charge in [0.1, 0.15) is 5.54 Å². The molecule has 0 aromatic rings.